The fourth-order valence-electron chi connectivity index (χ4n) is 0.949. The van der Waals surface area contributed by atoms with E-state index >= 15 is 0 Å². The Hall–Kier alpha value is -1.38. The van der Waals surface area contributed by atoms with E-state index in [0.29, 0.717) is 18.0 Å². The molecule has 12 heavy (non-hydrogen) atoms. The molecule has 0 bridgehead atoms. The first kappa shape index (κ1) is 8.71. The monoisotopic (exact) mass is 166 g/mol. The minimum absolute atomic E-state index is 0.640. The van der Waals surface area contributed by atoms with Crippen molar-refractivity contribution in [3.05, 3.63) is 18.2 Å². The maximum Gasteiger partial charge on any atom is 0.123 e. The fraction of sp³-hybridized carbons (Fsp3) is 0.333. The maximum absolute atomic E-state index is 5.57. The highest BCUT2D eigenvalue weighted by Gasteiger charge is 1.95. The Morgan fingerprint density at radius 2 is 1.75 bits per heavy atom. The number of hydrogen-bond acceptors (Lipinski definition) is 3. The second-order valence-electron chi connectivity index (χ2n) is 2.68. The van der Waals surface area contributed by atoms with Crippen molar-refractivity contribution >= 4 is 11.4 Å². The smallest absolute Gasteiger partial charge is 0.123 e. The number of ether oxygens (including phenoxy) is 1. The number of benzene rings is 1. The van der Waals surface area contributed by atoms with Crippen LogP contribution in [0.4, 0.5) is 11.4 Å². The summed E-state index contributed by atoms with van der Waals surface area (Å²) in [6.45, 7) is 2.75. The molecule has 1 aromatic carbocycles. The molecule has 3 heteroatoms. The zero-order valence-electron chi connectivity index (χ0n) is 7.21. The lowest BCUT2D eigenvalue weighted by Gasteiger charge is -2.05. The SMILES string of the molecule is CCCOc1cc(N)cc(N)c1. The molecule has 0 radical (unpaired) electrons. The Morgan fingerprint density at radius 3 is 2.25 bits per heavy atom. The van der Waals surface area contributed by atoms with Crippen molar-refractivity contribution in [2.24, 2.45) is 0 Å². The lowest BCUT2D eigenvalue weighted by molar-refractivity contribution is 0.318. The van der Waals surface area contributed by atoms with E-state index in [1.807, 2.05) is 0 Å². The van der Waals surface area contributed by atoms with E-state index < -0.39 is 0 Å². The predicted octanol–water partition coefficient (Wildman–Crippen LogP) is 1.64. The normalized spacial score (nSPS) is 9.75. The first-order chi connectivity index (χ1) is 5.72. The zero-order chi connectivity index (χ0) is 8.97. The molecule has 0 aliphatic rings. The van der Waals surface area contributed by atoms with Crippen molar-refractivity contribution in [3.8, 4) is 5.75 Å². The summed E-state index contributed by atoms with van der Waals surface area (Å²) in [4.78, 5) is 0. The minimum atomic E-state index is 0.640. The summed E-state index contributed by atoms with van der Waals surface area (Å²) < 4.78 is 5.36. The van der Waals surface area contributed by atoms with Gasteiger partial charge in [-0.25, -0.2) is 0 Å². The number of nitrogens with two attached hydrogens (primary N) is 2. The van der Waals surface area contributed by atoms with Gasteiger partial charge in [-0.3, -0.25) is 0 Å². The van der Waals surface area contributed by atoms with Gasteiger partial charge in [0, 0.05) is 23.5 Å². The van der Waals surface area contributed by atoms with Crippen molar-refractivity contribution < 1.29 is 4.74 Å². The largest absolute Gasteiger partial charge is 0.493 e. The molecular weight excluding hydrogens is 152 g/mol. The van der Waals surface area contributed by atoms with E-state index in [2.05, 4.69) is 6.92 Å². The Morgan fingerprint density at radius 1 is 1.17 bits per heavy atom. The van der Waals surface area contributed by atoms with Crippen LogP contribution in [-0.2, 0) is 0 Å². The summed E-state index contributed by atoms with van der Waals surface area (Å²) >= 11 is 0. The van der Waals surface area contributed by atoms with Gasteiger partial charge >= 0.3 is 0 Å². The molecule has 1 aromatic rings. The Kier molecular flexibility index (Phi) is 2.80. The molecule has 0 saturated heterocycles. The molecule has 0 fully saturated rings. The number of nitrogen functional groups attached to an aromatic ring is 2. The van der Waals surface area contributed by atoms with Crippen LogP contribution in [0.3, 0.4) is 0 Å². The van der Waals surface area contributed by atoms with Gasteiger partial charge in [0.05, 0.1) is 6.61 Å². The first-order valence-electron chi connectivity index (χ1n) is 4.01. The van der Waals surface area contributed by atoms with Crippen molar-refractivity contribution in [1.82, 2.24) is 0 Å². The quantitative estimate of drug-likeness (QED) is 0.671. The van der Waals surface area contributed by atoms with Gasteiger partial charge in [-0.2, -0.15) is 0 Å². The lowest BCUT2D eigenvalue weighted by Crippen LogP contribution is -1.97. The second kappa shape index (κ2) is 3.85. The topological polar surface area (TPSA) is 61.3 Å². The second-order valence-corrected chi connectivity index (χ2v) is 2.68. The van der Waals surface area contributed by atoms with E-state index in [1.165, 1.54) is 0 Å². The Labute approximate surface area is 72.3 Å². The van der Waals surface area contributed by atoms with Crippen LogP contribution >= 0.6 is 0 Å². The third-order valence-corrected chi connectivity index (χ3v) is 1.42. The lowest BCUT2D eigenvalue weighted by atomic mass is 10.2. The van der Waals surface area contributed by atoms with Gasteiger partial charge in [-0.05, 0) is 12.5 Å². The average molecular weight is 166 g/mol. The molecule has 3 nitrogen and oxygen atoms in total. The third-order valence-electron chi connectivity index (χ3n) is 1.42. The van der Waals surface area contributed by atoms with Gasteiger partial charge in [-0.1, -0.05) is 6.92 Å². The number of hydrogen-bond donors (Lipinski definition) is 2. The van der Waals surface area contributed by atoms with Crippen LogP contribution in [0, 0.1) is 0 Å². The van der Waals surface area contributed by atoms with Gasteiger partial charge in [0.2, 0.25) is 0 Å². The van der Waals surface area contributed by atoms with Gasteiger partial charge < -0.3 is 16.2 Å². The van der Waals surface area contributed by atoms with Gasteiger partial charge in [0.25, 0.3) is 0 Å². The summed E-state index contributed by atoms with van der Waals surface area (Å²) in [5, 5.41) is 0. The van der Waals surface area contributed by atoms with Gasteiger partial charge in [0.15, 0.2) is 0 Å². The highest BCUT2D eigenvalue weighted by molar-refractivity contribution is 5.56. The summed E-state index contributed by atoms with van der Waals surface area (Å²) in [5.74, 6) is 0.745. The van der Waals surface area contributed by atoms with E-state index in [0.717, 1.165) is 12.2 Å². The molecule has 0 aliphatic heterocycles. The molecule has 1 rings (SSSR count). The van der Waals surface area contributed by atoms with Crippen molar-refractivity contribution in [1.29, 1.82) is 0 Å². The molecule has 0 aromatic heterocycles. The van der Waals surface area contributed by atoms with Crippen LogP contribution in [0.2, 0.25) is 0 Å². The molecular formula is C9H14N2O. The van der Waals surface area contributed by atoms with Crippen molar-refractivity contribution in [2.75, 3.05) is 18.1 Å². The fourth-order valence-corrected chi connectivity index (χ4v) is 0.949. The van der Waals surface area contributed by atoms with Crippen molar-refractivity contribution in [3.63, 3.8) is 0 Å². The highest BCUT2D eigenvalue weighted by Crippen LogP contribution is 2.20. The van der Waals surface area contributed by atoms with Crippen LogP contribution in [0.1, 0.15) is 13.3 Å². The summed E-state index contributed by atoms with van der Waals surface area (Å²) in [6, 6.07) is 5.25. The van der Waals surface area contributed by atoms with Crippen LogP contribution < -0.4 is 16.2 Å². The van der Waals surface area contributed by atoms with Crippen LogP contribution in [0.25, 0.3) is 0 Å². The molecule has 0 unspecified atom stereocenters. The number of rotatable bonds is 3. The molecule has 0 amide bonds. The van der Waals surface area contributed by atoms with E-state index in [-0.39, 0.29) is 0 Å². The zero-order valence-corrected chi connectivity index (χ0v) is 7.21. The molecule has 0 aliphatic carbocycles. The molecule has 4 N–H and O–H groups in total. The van der Waals surface area contributed by atoms with E-state index in [9.17, 15) is 0 Å². The Balaban J connectivity index is 2.72. The molecule has 66 valence electrons. The summed E-state index contributed by atoms with van der Waals surface area (Å²) in [7, 11) is 0. The molecule has 0 heterocycles. The highest BCUT2D eigenvalue weighted by atomic mass is 16.5. The average Bonchev–Trinajstić information content (AvgIpc) is 1.99. The van der Waals surface area contributed by atoms with Crippen LogP contribution in [0.15, 0.2) is 18.2 Å². The predicted molar refractivity (Wildman–Crippen MR) is 51.1 cm³/mol. The summed E-state index contributed by atoms with van der Waals surface area (Å²) in [5.41, 5.74) is 12.4. The summed E-state index contributed by atoms with van der Waals surface area (Å²) in [6.07, 6.45) is 0.981. The first-order valence-corrected chi connectivity index (χ1v) is 4.01. The van der Waals surface area contributed by atoms with Gasteiger partial charge in [0.1, 0.15) is 5.75 Å². The Bertz CT molecular complexity index is 240. The van der Waals surface area contributed by atoms with E-state index in [4.69, 9.17) is 16.2 Å². The van der Waals surface area contributed by atoms with Gasteiger partial charge in [-0.15, -0.1) is 0 Å². The van der Waals surface area contributed by atoms with E-state index in [1.54, 1.807) is 18.2 Å². The van der Waals surface area contributed by atoms with Crippen LogP contribution in [-0.4, -0.2) is 6.61 Å². The number of anilines is 2. The standard InChI is InChI=1S/C9H14N2O/c1-2-3-12-9-5-7(10)4-8(11)6-9/h4-6H,2-3,10-11H2,1H3. The molecule has 0 saturated carbocycles. The minimum Gasteiger partial charge on any atom is -0.493 e. The third kappa shape index (κ3) is 2.34. The van der Waals surface area contributed by atoms with Crippen LogP contribution in [0.5, 0.6) is 5.75 Å². The molecule has 0 atom stereocenters. The van der Waals surface area contributed by atoms with Crippen molar-refractivity contribution in [2.45, 2.75) is 13.3 Å². The maximum atomic E-state index is 5.57. The molecule has 0 spiro atoms.